The van der Waals surface area contributed by atoms with Crippen molar-refractivity contribution in [3.8, 4) is 0 Å². The number of rotatable bonds is 14. The number of hydrogen-bond acceptors (Lipinski definition) is 3. The molecule has 1 N–H and O–H groups in total. The van der Waals surface area contributed by atoms with Gasteiger partial charge in [-0.2, -0.15) is 0 Å². The van der Waals surface area contributed by atoms with Crippen LogP contribution in [0.25, 0.3) is 0 Å². The summed E-state index contributed by atoms with van der Waals surface area (Å²) in [5.74, 6) is -0.100. The summed E-state index contributed by atoms with van der Waals surface area (Å²) in [7, 11) is 0. The minimum atomic E-state index is -0.852. The van der Waals surface area contributed by atoms with Crippen molar-refractivity contribution in [2.75, 3.05) is 6.61 Å². The van der Waals surface area contributed by atoms with Crippen LogP contribution in [-0.4, -0.2) is 23.7 Å². The third-order valence-corrected chi connectivity index (χ3v) is 4.72. The van der Waals surface area contributed by atoms with Gasteiger partial charge >= 0.3 is 11.9 Å². The molecule has 2 unspecified atom stereocenters. The van der Waals surface area contributed by atoms with Gasteiger partial charge in [0.25, 0.3) is 0 Å². The molecule has 2 atom stereocenters. The molecule has 0 aliphatic rings. The van der Waals surface area contributed by atoms with Crippen LogP contribution < -0.4 is 0 Å². The first-order chi connectivity index (χ1) is 12.7. The second-order valence-electron chi connectivity index (χ2n) is 7.32. The molecule has 158 valence electrons. The molecule has 27 heavy (non-hydrogen) atoms. The fourth-order valence-corrected chi connectivity index (χ4v) is 2.59. The molecule has 0 saturated heterocycles. The van der Waals surface area contributed by atoms with Gasteiger partial charge in [-0.05, 0) is 31.6 Å². The lowest BCUT2D eigenvalue weighted by molar-refractivity contribution is -0.140. The molecule has 0 rings (SSSR count). The highest BCUT2D eigenvalue weighted by molar-refractivity contribution is 5.87. The highest BCUT2D eigenvalue weighted by atomic mass is 16.5. The Morgan fingerprint density at radius 2 is 1.41 bits per heavy atom. The lowest BCUT2D eigenvalue weighted by atomic mass is 9.92. The number of carbonyl (C=O) groups is 2. The first kappa shape index (κ1) is 27.6. The molecular formula is C23H42O4. The van der Waals surface area contributed by atoms with Gasteiger partial charge in [0.05, 0.1) is 6.61 Å². The van der Waals surface area contributed by atoms with Gasteiger partial charge in [-0.3, -0.25) is 0 Å². The predicted molar refractivity (Wildman–Crippen MR) is 114 cm³/mol. The van der Waals surface area contributed by atoms with Crippen LogP contribution in [0, 0.1) is 11.8 Å². The van der Waals surface area contributed by atoms with Gasteiger partial charge in [-0.15, -0.1) is 0 Å². The molecule has 0 aromatic carbocycles. The van der Waals surface area contributed by atoms with Crippen molar-refractivity contribution in [2.45, 2.75) is 92.4 Å². The monoisotopic (exact) mass is 382 g/mol. The SMILES string of the molecule is C=C(C)C(=O)OCC(CC)CCCC.C=C(CC(CC)CCCC)C(=O)O. The third kappa shape index (κ3) is 16.3. The van der Waals surface area contributed by atoms with E-state index in [1.165, 1.54) is 25.7 Å². The van der Waals surface area contributed by atoms with E-state index in [0.29, 0.717) is 36.0 Å². The first-order valence-corrected chi connectivity index (χ1v) is 10.5. The summed E-state index contributed by atoms with van der Waals surface area (Å²) in [6.07, 6.45) is 9.81. The van der Waals surface area contributed by atoms with Gasteiger partial charge in [-0.1, -0.05) is 85.8 Å². The van der Waals surface area contributed by atoms with Gasteiger partial charge in [0, 0.05) is 11.1 Å². The molecule has 0 radical (unpaired) electrons. The predicted octanol–water partition coefficient (Wildman–Crippen LogP) is 6.56. The van der Waals surface area contributed by atoms with Gasteiger partial charge in [-0.25, -0.2) is 9.59 Å². The van der Waals surface area contributed by atoms with Crippen molar-refractivity contribution in [2.24, 2.45) is 11.8 Å². The van der Waals surface area contributed by atoms with Crippen LogP contribution in [0.3, 0.4) is 0 Å². The number of esters is 1. The lowest BCUT2D eigenvalue weighted by Gasteiger charge is -2.14. The molecule has 0 bridgehead atoms. The molecule has 4 heteroatoms. The summed E-state index contributed by atoms with van der Waals surface area (Å²) in [6, 6.07) is 0. The van der Waals surface area contributed by atoms with E-state index < -0.39 is 5.97 Å². The normalized spacial score (nSPS) is 12.3. The molecule has 4 nitrogen and oxygen atoms in total. The van der Waals surface area contributed by atoms with Crippen LogP contribution in [0.2, 0.25) is 0 Å². The van der Waals surface area contributed by atoms with Crippen molar-refractivity contribution in [1.82, 2.24) is 0 Å². The number of hydrogen-bond donors (Lipinski definition) is 1. The smallest absolute Gasteiger partial charge is 0.333 e. The number of carboxylic acid groups (broad SMARTS) is 1. The zero-order chi connectivity index (χ0) is 21.2. The van der Waals surface area contributed by atoms with E-state index in [4.69, 9.17) is 9.84 Å². The Balaban J connectivity index is 0. The molecule has 0 amide bonds. The van der Waals surface area contributed by atoms with Gasteiger partial charge in [0.1, 0.15) is 0 Å². The van der Waals surface area contributed by atoms with Gasteiger partial charge in [0.2, 0.25) is 0 Å². The number of unbranched alkanes of at least 4 members (excludes halogenated alkanes) is 2. The van der Waals surface area contributed by atoms with E-state index in [2.05, 4.69) is 40.9 Å². The van der Waals surface area contributed by atoms with Crippen LogP contribution >= 0.6 is 0 Å². The zero-order valence-corrected chi connectivity index (χ0v) is 18.3. The fourth-order valence-electron chi connectivity index (χ4n) is 2.59. The fraction of sp³-hybridized carbons (Fsp3) is 0.739. The molecule has 0 aromatic heterocycles. The van der Waals surface area contributed by atoms with E-state index in [-0.39, 0.29) is 5.97 Å². The first-order valence-electron chi connectivity index (χ1n) is 10.5. The van der Waals surface area contributed by atoms with E-state index in [0.717, 1.165) is 25.7 Å². The van der Waals surface area contributed by atoms with E-state index in [1.54, 1.807) is 6.92 Å². The standard InChI is InChI=1S/C12H22O2.C11H20O2/c1-5-7-8-11(6-2)9-14-12(13)10(3)4;1-4-6-7-10(5-2)8-9(3)11(12)13/h11H,3,5-9H2,1-2,4H3;10H,3-8H2,1-2H3,(H,12,13). The third-order valence-electron chi connectivity index (χ3n) is 4.72. The average Bonchev–Trinajstić information content (AvgIpc) is 2.65. The largest absolute Gasteiger partial charge is 0.478 e. The van der Waals surface area contributed by atoms with E-state index in [9.17, 15) is 9.59 Å². The maximum atomic E-state index is 11.1. The summed E-state index contributed by atoms with van der Waals surface area (Å²) in [6.45, 7) is 17.9. The van der Waals surface area contributed by atoms with Crippen LogP contribution in [0.4, 0.5) is 0 Å². The Morgan fingerprint density at radius 3 is 1.78 bits per heavy atom. The van der Waals surface area contributed by atoms with Gasteiger partial charge < -0.3 is 9.84 Å². The minimum Gasteiger partial charge on any atom is -0.478 e. The summed E-state index contributed by atoms with van der Waals surface area (Å²) < 4.78 is 5.12. The second kappa shape index (κ2) is 17.8. The molecule has 0 aromatic rings. The molecular weight excluding hydrogens is 340 g/mol. The van der Waals surface area contributed by atoms with Crippen LogP contribution in [0.15, 0.2) is 24.3 Å². The van der Waals surface area contributed by atoms with Crippen LogP contribution in [0.5, 0.6) is 0 Å². The highest BCUT2D eigenvalue weighted by Crippen LogP contribution is 2.20. The van der Waals surface area contributed by atoms with E-state index >= 15 is 0 Å². The maximum Gasteiger partial charge on any atom is 0.333 e. The Morgan fingerprint density at radius 1 is 0.926 bits per heavy atom. The number of carboxylic acids is 1. The summed E-state index contributed by atoms with van der Waals surface area (Å²) >= 11 is 0. The maximum absolute atomic E-state index is 11.1. The Hall–Kier alpha value is -1.58. The Kier molecular flexibility index (Phi) is 18.2. The molecule has 0 fully saturated rings. The molecule has 0 heterocycles. The van der Waals surface area contributed by atoms with Crippen molar-refractivity contribution < 1.29 is 19.4 Å². The molecule has 0 saturated carbocycles. The van der Waals surface area contributed by atoms with Crippen LogP contribution in [0.1, 0.15) is 92.4 Å². The highest BCUT2D eigenvalue weighted by Gasteiger charge is 2.12. The number of aliphatic carboxylic acids is 1. The lowest BCUT2D eigenvalue weighted by Crippen LogP contribution is -2.14. The summed E-state index contributed by atoms with van der Waals surface area (Å²) in [5, 5.41) is 8.65. The zero-order valence-electron chi connectivity index (χ0n) is 18.3. The van der Waals surface area contributed by atoms with Crippen LogP contribution in [-0.2, 0) is 14.3 Å². The van der Waals surface area contributed by atoms with Crippen molar-refractivity contribution in [3.63, 3.8) is 0 Å². The quantitative estimate of drug-likeness (QED) is 0.273. The number of ether oxygens (including phenoxy) is 1. The van der Waals surface area contributed by atoms with Crippen molar-refractivity contribution in [3.05, 3.63) is 24.3 Å². The topological polar surface area (TPSA) is 63.6 Å². The average molecular weight is 383 g/mol. The minimum absolute atomic E-state index is 0.264. The number of carbonyl (C=O) groups excluding carboxylic acids is 1. The molecule has 0 spiro atoms. The molecule has 0 aliphatic heterocycles. The van der Waals surface area contributed by atoms with E-state index in [1.807, 2.05) is 0 Å². The Bertz CT molecular complexity index is 440. The van der Waals surface area contributed by atoms with Crippen molar-refractivity contribution >= 4 is 11.9 Å². The Labute approximate surface area is 167 Å². The second-order valence-corrected chi connectivity index (χ2v) is 7.32. The molecule has 0 aliphatic carbocycles. The summed E-state index contributed by atoms with van der Waals surface area (Å²) in [5.41, 5.74) is 0.832. The van der Waals surface area contributed by atoms with Gasteiger partial charge in [0.15, 0.2) is 0 Å². The van der Waals surface area contributed by atoms with Crippen molar-refractivity contribution in [1.29, 1.82) is 0 Å². The summed E-state index contributed by atoms with van der Waals surface area (Å²) in [4.78, 5) is 21.6.